The summed E-state index contributed by atoms with van der Waals surface area (Å²) in [6, 6.07) is 56.1. The Bertz CT molecular complexity index is 3230. The van der Waals surface area contributed by atoms with E-state index in [4.69, 9.17) is 18.9 Å². The zero-order valence-electron chi connectivity index (χ0n) is 36.7. The largest absolute Gasteiger partial charge is 0.458 e. The van der Waals surface area contributed by atoms with Crippen molar-refractivity contribution in [2.45, 2.75) is 52.4 Å². The molecular weight excluding hydrogens is 786 g/mol. The molecule has 13 rings (SSSR count). The molecule has 8 aromatic rings. The van der Waals surface area contributed by atoms with Crippen LogP contribution in [0.3, 0.4) is 0 Å². The first-order valence-corrected chi connectivity index (χ1v) is 22.3. The van der Waals surface area contributed by atoms with Gasteiger partial charge in [0.2, 0.25) is 0 Å². The van der Waals surface area contributed by atoms with Crippen molar-refractivity contribution in [2.24, 2.45) is 0 Å². The lowest BCUT2D eigenvalue weighted by molar-refractivity contribution is 0.449. The monoisotopic (exact) mass is 830 g/mol. The van der Waals surface area contributed by atoms with Gasteiger partial charge in [-0.15, -0.1) is 0 Å². The predicted molar refractivity (Wildman–Crippen MR) is 262 cm³/mol. The normalized spacial score (nSPS) is 14.2. The van der Waals surface area contributed by atoms with Crippen LogP contribution in [0.1, 0.15) is 52.7 Å². The fourth-order valence-electron chi connectivity index (χ4n) is 10.6. The average Bonchev–Trinajstić information content (AvgIpc) is 3.28. The Hall–Kier alpha value is -7.31. The highest BCUT2D eigenvalue weighted by Gasteiger charge is 2.49. The fourth-order valence-corrected chi connectivity index (χ4v) is 10.6. The van der Waals surface area contributed by atoms with Crippen LogP contribution in [0, 0.1) is 0 Å². The van der Waals surface area contributed by atoms with Gasteiger partial charge in [-0.2, -0.15) is 0 Å². The molecule has 0 spiro atoms. The van der Waals surface area contributed by atoms with E-state index >= 15 is 0 Å². The maximum Gasteiger partial charge on any atom is 0.265 e. The molecule has 0 aliphatic carbocycles. The number of anilines is 6. The summed E-state index contributed by atoms with van der Waals surface area (Å²) in [7, 11) is 0. The maximum absolute atomic E-state index is 7.54. The van der Waals surface area contributed by atoms with Crippen LogP contribution in [-0.4, -0.2) is 13.4 Å². The minimum absolute atomic E-state index is 0.139. The summed E-state index contributed by atoms with van der Waals surface area (Å²) < 4.78 is 29.1. The van der Waals surface area contributed by atoms with Crippen molar-refractivity contribution in [1.82, 2.24) is 0 Å². The highest BCUT2D eigenvalue weighted by atomic mass is 16.5. The summed E-state index contributed by atoms with van der Waals surface area (Å²) in [6.07, 6.45) is 0. The van der Waals surface area contributed by atoms with E-state index in [1.54, 1.807) is 0 Å². The van der Waals surface area contributed by atoms with Gasteiger partial charge in [0, 0.05) is 63.0 Å². The number of hydrogen-bond acceptors (Lipinski definition) is 6. The highest BCUT2D eigenvalue weighted by molar-refractivity contribution is 7.02. The molecule has 5 heterocycles. The first kappa shape index (κ1) is 37.3. The van der Waals surface area contributed by atoms with Gasteiger partial charge in [0.05, 0.1) is 5.69 Å². The van der Waals surface area contributed by atoms with Gasteiger partial charge in [-0.25, -0.2) is 0 Å². The molecular formula is C56H44B2N2O4. The van der Waals surface area contributed by atoms with E-state index in [0.29, 0.717) is 0 Å². The van der Waals surface area contributed by atoms with Gasteiger partial charge < -0.3 is 28.7 Å². The molecule has 0 fully saturated rings. The van der Waals surface area contributed by atoms with Crippen molar-refractivity contribution < 1.29 is 18.9 Å². The standard InChI is InChI=1S/C56H44B2N2O4/c1-55(2,3)33-25-42-51-46(26-33)61-43-23-16-24-44-52(43)57(51)39-31-40-45(32-41(39)60(42)37-21-14-9-15-22-37)63-47-27-34(56(4,5)6)28-48-53(47)58(40)54-49(62-44)29-38(30-50(54)64-48)59(35-17-10-7-11-18-35)36-19-12-8-13-20-36/h7-32H,1-6H3. The van der Waals surface area contributed by atoms with Gasteiger partial charge in [-0.05, 0) is 111 Å². The van der Waals surface area contributed by atoms with E-state index < -0.39 is 0 Å². The summed E-state index contributed by atoms with van der Waals surface area (Å²) >= 11 is 0. The van der Waals surface area contributed by atoms with Crippen LogP contribution in [0.2, 0.25) is 0 Å². The lowest BCUT2D eigenvalue weighted by Gasteiger charge is -2.43. The first-order valence-electron chi connectivity index (χ1n) is 22.3. The van der Waals surface area contributed by atoms with E-state index in [1.165, 1.54) is 11.0 Å². The molecule has 0 amide bonds. The average molecular weight is 831 g/mol. The molecule has 0 saturated carbocycles. The topological polar surface area (TPSA) is 43.4 Å². The summed E-state index contributed by atoms with van der Waals surface area (Å²) in [4.78, 5) is 4.69. The van der Waals surface area contributed by atoms with Crippen molar-refractivity contribution in [1.29, 1.82) is 0 Å². The van der Waals surface area contributed by atoms with Gasteiger partial charge >= 0.3 is 0 Å². The molecule has 0 atom stereocenters. The molecule has 0 saturated heterocycles. The smallest absolute Gasteiger partial charge is 0.265 e. The van der Waals surface area contributed by atoms with E-state index in [0.717, 1.165) is 113 Å². The van der Waals surface area contributed by atoms with Crippen LogP contribution in [0.15, 0.2) is 158 Å². The van der Waals surface area contributed by atoms with Crippen LogP contribution in [-0.2, 0) is 10.8 Å². The summed E-state index contributed by atoms with van der Waals surface area (Å²) in [5.41, 5.74) is 14.6. The summed E-state index contributed by atoms with van der Waals surface area (Å²) in [6.45, 7) is 13.1. The molecule has 0 N–H and O–H groups in total. The van der Waals surface area contributed by atoms with Crippen molar-refractivity contribution in [3.63, 3.8) is 0 Å². The molecule has 5 aliphatic heterocycles. The predicted octanol–water partition coefficient (Wildman–Crippen LogP) is 11.0. The second-order valence-corrected chi connectivity index (χ2v) is 19.7. The molecule has 8 aromatic carbocycles. The van der Waals surface area contributed by atoms with Crippen LogP contribution >= 0.6 is 0 Å². The Balaban J connectivity index is 1.15. The molecule has 2 bridgehead atoms. The number of ether oxygens (including phenoxy) is 4. The molecule has 308 valence electrons. The van der Waals surface area contributed by atoms with Crippen molar-refractivity contribution >= 4 is 80.3 Å². The van der Waals surface area contributed by atoms with Crippen molar-refractivity contribution in [2.75, 3.05) is 9.80 Å². The molecule has 8 heteroatoms. The number of hydrogen-bond donors (Lipinski definition) is 0. The third-order valence-electron chi connectivity index (χ3n) is 13.7. The third kappa shape index (κ3) is 5.41. The Morgan fingerprint density at radius 3 is 1.39 bits per heavy atom. The number of benzene rings is 8. The minimum Gasteiger partial charge on any atom is -0.458 e. The Kier molecular flexibility index (Phi) is 7.64. The van der Waals surface area contributed by atoms with Crippen LogP contribution in [0.5, 0.6) is 46.0 Å². The summed E-state index contributed by atoms with van der Waals surface area (Å²) in [5.74, 6) is 6.30. The van der Waals surface area contributed by atoms with Crippen LogP contribution < -0.4 is 61.5 Å². The number of nitrogens with zero attached hydrogens (tertiary/aromatic N) is 2. The van der Waals surface area contributed by atoms with Crippen LogP contribution in [0.4, 0.5) is 34.1 Å². The molecule has 0 unspecified atom stereocenters. The molecule has 6 nitrogen and oxygen atoms in total. The van der Waals surface area contributed by atoms with Gasteiger partial charge in [0.1, 0.15) is 46.0 Å². The molecule has 5 aliphatic rings. The third-order valence-corrected chi connectivity index (χ3v) is 13.7. The van der Waals surface area contributed by atoms with E-state index in [1.807, 2.05) is 0 Å². The van der Waals surface area contributed by atoms with Gasteiger partial charge in [-0.3, -0.25) is 0 Å². The van der Waals surface area contributed by atoms with Gasteiger partial charge in [-0.1, -0.05) is 108 Å². The van der Waals surface area contributed by atoms with E-state index in [9.17, 15) is 0 Å². The second-order valence-electron chi connectivity index (χ2n) is 19.7. The molecule has 0 aromatic heterocycles. The Labute approximate surface area is 374 Å². The van der Waals surface area contributed by atoms with Gasteiger partial charge in [0.25, 0.3) is 13.4 Å². The van der Waals surface area contributed by atoms with Gasteiger partial charge in [0.15, 0.2) is 0 Å². The second kappa shape index (κ2) is 13.1. The maximum atomic E-state index is 7.54. The SMILES string of the molecule is CC(C)(C)c1cc2c3c(c1)Oc1cc(N(c4ccccc4)c4ccccc4)cc4c1B3c1cc3c(cc1O2)N(c1ccccc1)c1cc(C(C)(C)C)cc2c1B3c1c(cccc1O2)O4. The summed E-state index contributed by atoms with van der Waals surface area (Å²) in [5, 5.41) is 0. The fraction of sp³-hybridized carbons (Fsp3) is 0.143. The van der Waals surface area contributed by atoms with Crippen molar-refractivity contribution in [3.8, 4) is 46.0 Å². The zero-order chi connectivity index (χ0) is 43.2. The highest BCUT2D eigenvalue weighted by Crippen LogP contribution is 2.49. The first-order chi connectivity index (χ1) is 31.0. The number of para-hydroxylation sites is 3. The van der Waals surface area contributed by atoms with Crippen molar-refractivity contribution in [3.05, 3.63) is 169 Å². The molecule has 64 heavy (non-hydrogen) atoms. The molecule has 0 radical (unpaired) electrons. The lowest BCUT2D eigenvalue weighted by Crippen LogP contribution is -2.63. The quantitative estimate of drug-likeness (QED) is 0.165. The van der Waals surface area contributed by atoms with Crippen LogP contribution in [0.25, 0.3) is 0 Å². The van der Waals surface area contributed by atoms with E-state index in [2.05, 4.69) is 209 Å². The minimum atomic E-state index is -0.248. The Morgan fingerprint density at radius 1 is 0.375 bits per heavy atom. The Morgan fingerprint density at radius 2 is 0.828 bits per heavy atom. The number of rotatable bonds is 4. The van der Waals surface area contributed by atoms with E-state index in [-0.39, 0.29) is 24.3 Å². The lowest BCUT2D eigenvalue weighted by atomic mass is 9.30. The zero-order valence-corrected chi connectivity index (χ0v) is 36.7.